The molecule has 0 aliphatic heterocycles. The molecular formula is C13H10Cl2F3N3O. The Bertz CT molecular complexity index is 741. The van der Waals surface area contributed by atoms with E-state index in [1.54, 1.807) is 25.1 Å². The first-order chi connectivity index (χ1) is 10.1. The van der Waals surface area contributed by atoms with Crippen LogP contribution in [0.5, 0.6) is 0 Å². The number of aromatic nitrogens is 2. The molecule has 0 aliphatic carbocycles. The third kappa shape index (κ3) is 3.05. The number of hydrogen-bond donors (Lipinski definition) is 1. The van der Waals surface area contributed by atoms with Crippen molar-refractivity contribution in [3.63, 3.8) is 0 Å². The highest BCUT2D eigenvalue weighted by Crippen LogP contribution is 2.36. The van der Waals surface area contributed by atoms with Gasteiger partial charge in [0.05, 0.1) is 0 Å². The van der Waals surface area contributed by atoms with Crippen LogP contribution in [-0.2, 0) is 13.2 Å². The van der Waals surface area contributed by atoms with Crippen LogP contribution in [0.4, 0.5) is 18.9 Å². The van der Waals surface area contributed by atoms with Crippen LogP contribution < -0.4 is 5.32 Å². The molecule has 2 rings (SSSR count). The summed E-state index contributed by atoms with van der Waals surface area (Å²) in [4.78, 5) is 12.1. The third-order valence-corrected chi connectivity index (χ3v) is 3.76. The Morgan fingerprint density at radius 2 is 1.95 bits per heavy atom. The summed E-state index contributed by atoms with van der Waals surface area (Å²) >= 11 is 11.6. The molecule has 1 aromatic carbocycles. The highest BCUT2D eigenvalue weighted by atomic mass is 35.5. The SMILES string of the molecule is Cc1c(Cl)cccc1NC(=O)c1nn(C)c(C(F)(F)F)c1Cl. The molecule has 22 heavy (non-hydrogen) atoms. The van der Waals surface area contributed by atoms with Gasteiger partial charge in [0.25, 0.3) is 5.91 Å². The van der Waals surface area contributed by atoms with Gasteiger partial charge in [-0.15, -0.1) is 0 Å². The summed E-state index contributed by atoms with van der Waals surface area (Å²) in [6, 6.07) is 4.80. The fourth-order valence-electron chi connectivity index (χ4n) is 1.88. The maximum atomic E-state index is 12.8. The van der Waals surface area contributed by atoms with Gasteiger partial charge < -0.3 is 5.32 Å². The predicted octanol–water partition coefficient (Wildman–Crippen LogP) is 4.31. The molecule has 0 fully saturated rings. The first-order valence-corrected chi connectivity index (χ1v) is 6.74. The van der Waals surface area contributed by atoms with E-state index in [2.05, 4.69) is 10.4 Å². The van der Waals surface area contributed by atoms with Crippen molar-refractivity contribution in [3.05, 3.63) is 45.2 Å². The smallest absolute Gasteiger partial charge is 0.320 e. The van der Waals surface area contributed by atoms with Gasteiger partial charge in [0, 0.05) is 17.8 Å². The van der Waals surface area contributed by atoms with Gasteiger partial charge in [0.1, 0.15) is 5.02 Å². The summed E-state index contributed by atoms with van der Waals surface area (Å²) in [5, 5.41) is 5.67. The summed E-state index contributed by atoms with van der Waals surface area (Å²) < 4.78 is 39.0. The molecule has 1 aromatic heterocycles. The molecule has 1 N–H and O–H groups in total. The summed E-state index contributed by atoms with van der Waals surface area (Å²) in [5.74, 6) is -0.846. The van der Waals surface area contributed by atoms with E-state index in [1.807, 2.05) is 0 Å². The van der Waals surface area contributed by atoms with Crippen LogP contribution in [0.2, 0.25) is 10.0 Å². The first kappa shape index (κ1) is 16.6. The van der Waals surface area contributed by atoms with Crippen LogP contribution in [0.1, 0.15) is 21.7 Å². The number of alkyl halides is 3. The van der Waals surface area contributed by atoms with E-state index in [4.69, 9.17) is 23.2 Å². The van der Waals surface area contributed by atoms with Crippen LogP contribution >= 0.6 is 23.2 Å². The van der Waals surface area contributed by atoms with Crippen molar-refractivity contribution >= 4 is 34.8 Å². The molecule has 0 bridgehead atoms. The summed E-state index contributed by atoms with van der Waals surface area (Å²) in [6.45, 7) is 1.67. The van der Waals surface area contributed by atoms with Crippen LogP contribution in [0.15, 0.2) is 18.2 Å². The molecular weight excluding hydrogens is 342 g/mol. The Morgan fingerprint density at radius 1 is 1.32 bits per heavy atom. The van der Waals surface area contributed by atoms with Crippen molar-refractivity contribution in [1.82, 2.24) is 9.78 Å². The molecule has 0 atom stereocenters. The lowest BCUT2D eigenvalue weighted by Gasteiger charge is -2.08. The maximum Gasteiger partial charge on any atom is 0.434 e. The molecule has 9 heteroatoms. The second-order valence-electron chi connectivity index (χ2n) is 4.50. The Kier molecular flexibility index (Phi) is 4.39. The zero-order chi connectivity index (χ0) is 16.7. The largest absolute Gasteiger partial charge is 0.434 e. The minimum atomic E-state index is -4.71. The van der Waals surface area contributed by atoms with Gasteiger partial charge in [-0.1, -0.05) is 29.3 Å². The van der Waals surface area contributed by atoms with E-state index in [9.17, 15) is 18.0 Å². The van der Waals surface area contributed by atoms with Crippen LogP contribution in [0.3, 0.4) is 0 Å². The van der Waals surface area contributed by atoms with Gasteiger partial charge in [-0.25, -0.2) is 0 Å². The molecule has 4 nitrogen and oxygen atoms in total. The standard InChI is InChI=1S/C13H10Cl2F3N3O/c1-6-7(14)4-3-5-8(6)19-12(22)10-9(15)11(13(16,17)18)21(2)20-10/h3-5H,1-2H3,(H,19,22). The summed E-state index contributed by atoms with van der Waals surface area (Å²) in [7, 11) is 1.07. The number of nitrogens with zero attached hydrogens (tertiary/aromatic N) is 2. The van der Waals surface area contributed by atoms with Gasteiger partial charge in [-0.3, -0.25) is 9.48 Å². The van der Waals surface area contributed by atoms with Gasteiger partial charge in [-0.2, -0.15) is 18.3 Å². The molecule has 1 heterocycles. The monoisotopic (exact) mass is 351 g/mol. The van der Waals surface area contributed by atoms with Crippen molar-refractivity contribution in [2.24, 2.45) is 7.05 Å². The van der Waals surface area contributed by atoms with E-state index in [1.165, 1.54) is 0 Å². The minimum absolute atomic E-state index is 0.368. The van der Waals surface area contributed by atoms with E-state index in [0.29, 0.717) is 21.0 Å². The third-order valence-electron chi connectivity index (χ3n) is 2.99. The van der Waals surface area contributed by atoms with Crippen LogP contribution in [-0.4, -0.2) is 15.7 Å². The van der Waals surface area contributed by atoms with Crippen molar-refractivity contribution in [1.29, 1.82) is 0 Å². The first-order valence-electron chi connectivity index (χ1n) is 5.99. The lowest BCUT2D eigenvalue weighted by Crippen LogP contribution is -2.14. The van der Waals surface area contributed by atoms with Crippen LogP contribution in [0.25, 0.3) is 0 Å². The van der Waals surface area contributed by atoms with Gasteiger partial charge in [0.15, 0.2) is 11.4 Å². The van der Waals surface area contributed by atoms with E-state index >= 15 is 0 Å². The zero-order valence-electron chi connectivity index (χ0n) is 11.4. The zero-order valence-corrected chi connectivity index (χ0v) is 12.9. The fourth-order valence-corrected chi connectivity index (χ4v) is 2.40. The molecule has 1 amide bonds. The Hall–Kier alpha value is -1.73. The Labute approximate surface area is 133 Å². The average Bonchev–Trinajstić information content (AvgIpc) is 2.70. The van der Waals surface area contributed by atoms with Gasteiger partial charge in [0.2, 0.25) is 0 Å². The van der Waals surface area contributed by atoms with E-state index < -0.39 is 28.5 Å². The number of carbonyl (C=O) groups excluding carboxylic acids is 1. The molecule has 0 unspecified atom stereocenters. The highest BCUT2D eigenvalue weighted by molar-refractivity contribution is 6.35. The van der Waals surface area contributed by atoms with Crippen molar-refractivity contribution in [2.75, 3.05) is 5.32 Å². The molecule has 0 aliphatic rings. The number of anilines is 1. The lowest BCUT2D eigenvalue weighted by molar-refractivity contribution is -0.143. The Balaban J connectivity index is 2.37. The number of carbonyl (C=O) groups is 1. The second-order valence-corrected chi connectivity index (χ2v) is 5.28. The number of rotatable bonds is 2. The normalized spacial score (nSPS) is 11.6. The molecule has 0 saturated heterocycles. The number of amides is 1. The molecule has 0 saturated carbocycles. The number of nitrogens with one attached hydrogen (secondary N) is 1. The highest BCUT2D eigenvalue weighted by Gasteiger charge is 2.40. The maximum absolute atomic E-state index is 12.8. The lowest BCUT2D eigenvalue weighted by atomic mass is 10.2. The predicted molar refractivity (Wildman–Crippen MR) is 77.4 cm³/mol. The average molecular weight is 352 g/mol. The molecule has 118 valence electrons. The quantitative estimate of drug-likeness (QED) is 0.876. The number of aryl methyl sites for hydroxylation is 1. The van der Waals surface area contributed by atoms with E-state index in [-0.39, 0.29) is 0 Å². The van der Waals surface area contributed by atoms with Crippen molar-refractivity contribution in [3.8, 4) is 0 Å². The fraction of sp³-hybridized carbons (Fsp3) is 0.231. The van der Waals surface area contributed by atoms with Crippen molar-refractivity contribution < 1.29 is 18.0 Å². The van der Waals surface area contributed by atoms with Crippen molar-refractivity contribution in [2.45, 2.75) is 13.1 Å². The van der Waals surface area contributed by atoms with Crippen LogP contribution in [0, 0.1) is 6.92 Å². The van der Waals surface area contributed by atoms with Gasteiger partial charge >= 0.3 is 6.18 Å². The molecule has 2 aromatic rings. The summed E-state index contributed by atoms with van der Waals surface area (Å²) in [6.07, 6.45) is -4.71. The second kappa shape index (κ2) is 5.81. The molecule has 0 spiro atoms. The number of benzene rings is 1. The number of halogens is 5. The Morgan fingerprint density at radius 3 is 2.50 bits per heavy atom. The molecule has 0 radical (unpaired) electrons. The topological polar surface area (TPSA) is 46.9 Å². The van der Waals surface area contributed by atoms with Gasteiger partial charge in [-0.05, 0) is 24.6 Å². The number of hydrogen-bond acceptors (Lipinski definition) is 2. The minimum Gasteiger partial charge on any atom is -0.320 e. The van der Waals surface area contributed by atoms with E-state index in [0.717, 1.165) is 7.05 Å². The summed E-state index contributed by atoms with van der Waals surface area (Å²) in [5.41, 5.74) is -0.730.